The predicted molar refractivity (Wildman–Crippen MR) is 288 cm³/mol. The summed E-state index contributed by atoms with van der Waals surface area (Å²) in [6, 6.07) is 78.0. The summed E-state index contributed by atoms with van der Waals surface area (Å²) < 4.78 is 4.86. The fourth-order valence-electron chi connectivity index (χ4n) is 11.5. The van der Waals surface area contributed by atoms with Gasteiger partial charge in [0.1, 0.15) is 0 Å². The molecule has 0 fully saturated rings. The fraction of sp³-hybridized carbons (Fsp3) is 0.0469. The van der Waals surface area contributed by atoms with E-state index in [9.17, 15) is 0 Å². The molecule has 0 radical (unpaired) electrons. The summed E-state index contributed by atoms with van der Waals surface area (Å²) in [5, 5.41) is 4.84. The van der Waals surface area contributed by atoms with Crippen LogP contribution >= 0.6 is 0 Å². The molecule has 0 bridgehead atoms. The Balaban J connectivity index is 1.05. The third-order valence-corrected chi connectivity index (χ3v) is 14.6. The van der Waals surface area contributed by atoms with Gasteiger partial charge in [0.15, 0.2) is 17.5 Å². The molecule has 0 N–H and O–H groups in total. The summed E-state index contributed by atoms with van der Waals surface area (Å²) >= 11 is 0. The smallest absolute Gasteiger partial charge is 0.166 e. The van der Waals surface area contributed by atoms with Gasteiger partial charge in [-0.3, -0.25) is 0 Å². The number of hydrogen-bond donors (Lipinski definition) is 0. The number of allylic oxidation sites excluding steroid dienone is 2. The van der Waals surface area contributed by atoms with E-state index in [-0.39, 0.29) is 5.92 Å². The van der Waals surface area contributed by atoms with Crippen LogP contribution < -0.4 is 4.90 Å². The molecule has 2 atom stereocenters. The molecule has 0 saturated carbocycles. The van der Waals surface area contributed by atoms with Crippen LogP contribution in [0.25, 0.3) is 100 Å². The maximum Gasteiger partial charge on any atom is 0.166 e. The first kappa shape index (κ1) is 40.0. The van der Waals surface area contributed by atoms with Crippen molar-refractivity contribution in [2.75, 3.05) is 4.90 Å². The van der Waals surface area contributed by atoms with Gasteiger partial charge in [-0.1, -0.05) is 188 Å². The van der Waals surface area contributed by atoms with Gasteiger partial charge in [-0.2, -0.15) is 0 Å². The van der Waals surface area contributed by atoms with E-state index >= 15 is 0 Å². The molecule has 0 saturated heterocycles. The van der Waals surface area contributed by atoms with Crippen LogP contribution in [0.1, 0.15) is 18.4 Å². The van der Waals surface area contributed by atoms with E-state index in [2.05, 4.69) is 227 Å². The summed E-state index contributed by atoms with van der Waals surface area (Å²) in [5.74, 6) is 1.87. The second kappa shape index (κ2) is 15.7. The highest BCUT2D eigenvalue weighted by atomic mass is 15.3. The lowest BCUT2D eigenvalue weighted by Crippen LogP contribution is -2.42. The van der Waals surface area contributed by atoms with Crippen LogP contribution in [0, 0.1) is 0 Å². The molecule has 1 aliphatic carbocycles. The van der Waals surface area contributed by atoms with Crippen LogP contribution in [0.15, 0.2) is 243 Å². The molecule has 6 nitrogen and oxygen atoms in total. The van der Waals surface area contributed by atoms with E-state index in [0.717, 1.165) is 50.5 Å². The fourth-order valence-corrected chi connectivity index (χ4v) is 11.5. The molecule has 0 amide bonds. The molecule has 1 aliphatic heterocycles. The largest absolute Gasteiger partial charge is 0.329 e. The first-order valence-electron chi connectivity index (χ1n) is 24.0. The van der Waals surface area contributed by atoms with Gasteiger partial charge in [0.2, 0.25) is 0 Å². The highest BCUT2D eigenvalue weighted by Gasteiger charge is 2.49. The molecular formula is C64H44N6. The Kier molecular flexibility index (Phi) is 8.98. The zero-order valence-electron chi connectivity index (χ0n) is 38.4. The molecule has 70 heavy (non-hydrogen) atoms. The summed E-state index contributed by atoms with van der Waals surface area (Å²) in [5.41, 5.74) is 14.9. The van der Waals surface area contributed by atoms with Gasteiger partial charge in [-0.25, -0.2) is 15.0 Å². The van der Waals surface area contributed by atoms with Gasteiger partial charge in [0, 0.05) is 55.5 Å². The van der Waals surface area contributed by atoms with E-state index in [1.54, 1.807) is 0 Å². The zero-order valence-corrected chi connectivity index (χ0v) is 38.4. The van der Waals surface area contributed by atoms with Crippen molar-refractivity contribution in [1.82, 2.24) is 24.1 Å². The number of anilines is 2. The topological polar surface area (TPSA) is 51.8 Å². The molecule has 2 aliphatic rings. The number of benzene rings is 9. The van der Waals surface area contributed by atoms with Crippen LogP contribution in [0.4, 0.5) is 11.4 Å². The minimum Gasteiger partial charge on any atom is -0.329 e. The molecule has 3 aromatic heterocycles. The van der Waals surface area contributed by atoms with Crippen LogP contribution in [0.2, 0.25) is 0 Å². The average Bonchev–Trinajstić information content (AvgIpc) is 4.04. The van der Waals surface area contributed by atoms with Gasteiger partial charge in [-0.15, -0.1) is 0 Å². The summed E-state index contributed by atoms with van der Waals surface area (Å²) in [4.78, 5) is 18.5. The van der Waals surface area contributed by atoms with E-state index in [0.29, 0.717) is 17.5 Å². The Morgan fingerprint density at radius 2 is 0.914 bits per heavy atom. The molecule has 0 spiro atoms. The summed E-state index contributed by atoms with van der Waals surface area (Å²) in [7, 11) is 0. The van der Waals surface area contributed by atoms with E-state index in [1.807, 2.05) is 36.4 Å². The average molecular weight is 897 g/mol. The lowest BCUT2D eigenvalue weighted by atomic mass is 9.78. The third kappa shape index (κ3) is 6.03. The van der Waals surface area contributed by atoms with E-state index in [4.69, 9.17) is 15.0 Å². The Morgan fingerprint density at radius 3 is 1.54 bits per heavy atom. The Hall–Kier alpha value is -9.13. The monoisotopic (exact) mass is 896 g/mol. The van der Waals surface area contributed by atoms with Crippen molar-refractivity contribution in [3.8, 4) is 56.7 Å². The number of para-hydroxylation sites is 5. The minimum atomic E-state index is -0.494. The van der Waals surface area contributed by atoms with Crippen LogP contribution in [0.5, 0.6) is 0 Å². The van der Waals surface area contributed by atoms with E-state index < -0.39 is 5.54 Å². The van der Waals surface area contributed by atoms with E-state index in [1.165, 1.54) is 49.3 Å². The number of hydrogen-bond acceptors (Lipinski definition) is 4. The maximum atomic E-state index is 5.38. The van der Waals surface area contributed by atoms with Crippen molar-refractivity contribution in [2.45, 2.75) is 18.4 Å². The Labute approximate surface area is 405 Å². The zero-order chi connectivity index (χ0) is 46.3. The lowest BCUT2D eigenvalue weighted by Gasteiger charge is -2.40. The van der Waals surface area contributed by atoms with Gasteiger partial charge < -0.3 is 14.0 Å². The van der Waals surface area contributed by atoms with Gasteiger partial charge in [-0.05, 0) is 78.2 Å². The molecule has 14 rings (SSSR count). The summed E-state index contributed by atoms with van der Waals surface area (Å²) in [6.07, 6.45) is 9.23. The van der Waals surface area contributed by atoms with Crippen molar-refractivity contribution in [3.63, 3.8) is 0 Å². The quantitative estimate of drug-likeness (QED) is 0.160. The third-order valence-electron chi connectivity index (χ3n) is 14.6. The highest BCUT2D eigenvalue weighted by Crippen LogP contribution is 2.58. The standard InChI is InChI=1S/C64H44N6/c1-64-40-18-17-32-52(64)59-46(44-38-39-50-49-29-11-14-33-53(49)68(58(50)41-44)45-25-9-4-10-26-45)30-19-36-56(59)70(64)57-37-20-31-51(60(57)69-54-34-15-12-27-47(54)48-28-13-16-35-55(48)69)63-66-61(42-21-5-2-6-22-42)65-62(67-63)43-23-7-3-8-24-43/h2-41,52H,1H3. The van der Waals surface area contributed by atoms with Crippen molar-refractivity contribution in [1.29, 1.82) is 0 Å². The molecular weight excluding hydrogens is 853 g/mol. The molecule has 330 valence electrons. The molecule has 9 aromatic carbocycles. The van der Waals surface area contributed by atoms with Crippen molar-refractivity contribution in [2.24, 2.45) is 0 Å². The molecule has 12 aromatic rings. The van der Waals surface area contributed by atoms with Crippen LogP contribution in [0.3, 0.4) is 0 Å². The lowest BCUT2D eigenvalue weighted by molar-refractivity contribution is 0.542. The molecule has 4 heterocycles. The first-order chi connectivity index (χ1) is 34.6. The maximum absolute atomic E-state index is 5.38. The van der Waals surface area contributed by atoms with Gasteiger partial charge >= 0.3 is 0 Å². The SMILES string of the molecule is CC12C=CC=CC1c1c(-c3ccc4c5ccccc5n(-c5ccccc5)c4c3)cccc1N2c1cccc(-c2nc(-c3ccccc3)nc(-c3ccccc3)n2)c1-n1c2ccccc2c2ccccc21. The summed E-state index contributed by atoms with van der Waals surface area (Å²) in [6.45, 7) is 2.39. The Morgan fingerprint density at radius 1 is 0.400 bits per heavy atom. The van der Waals surface area contributed by atoms with Crippen LogP contribution in [-0.2, 0) is 0 Å². The Bertz CT molecular complexity index is 3980. The normalized spacial score (nSPS) is 16.1. The number of rotatable bonds is 7. The van der Waals surface area contributed by atoms with Gasteiger partial charge in [0.05, 0.1) is 39.0 Å². The minimum absolute atomic E-state index is 0.0283. The van der Waals surface area contributed by atoms with Crippen molar-refractivity contribution < 1.29 is 0 Å². The van der Waals surface area contributed by atoms with Crippen molar-refractivity contribution in [3.05, 3.63) is 248 Å². The number of aromatic nitrogens is 5. The first-order valence-corrected chi connectivity index (χ1v) is 24.0. The highest BCUT2D eigenvalue weighted by molar-refractivity contribution is 6.12. The van der Waals surface area contributed by atoms with Crippen LogP contribution in [-0.4, -0.2) is 29.6 Å². The second-order valence-corrected chi connectivity index (χ2v) is 18.5. The number of fused-ring (bicyclic) bond motifs is 9. The number of nitrogens with zero attached hydrogens (tertiary/aromatic N) is 6. The molecule has 2 unspecified atom stereocenters. The molecule has 6 heteroatoms. The van der Waals surface area contributed by atoms with Gasteiger partial charge in [0.25, 0.3) is 0 Å². The predicted octanol–water partition coefficient (Wildman–Crippen LogP) is 15.9. The van der Waals surface area contributed by atoms with Crippen molar-refractivity contribution >= 4 is 55.0 Å². The second-order valence-electron chi connectivity index (χ2n) is 18.5.